The van der Waals surface area contributed by atoms with Crippen LogP contribution in [0, 0.1) is 0 Å². The number of rotatable bonds is 10. The normalized spacial score (nSPS) is 18.0. The van der Waals surface area contributed by atoms with Crippen molar-refractivity contribution in [3.05, 3.63) is 69.7 Å². The molecule has 0 saturated carbocycles. The Morgan fingerprint density at radius 3 is 2.61 bits per heavy atom. The van der Waals surface area contributed by atoms with E-state index in [-0.39, 0.29) is 58.5 Å². The second-order valence-electron chi connectivity index (χ2n) is 8.69. The van der Waals surface area contributed by atoms with Crippen molar-refractivity contribution >= 4 is 44.3 Å². The van der Waals surface area contributed by atoms with Crippen LogP contribution >= 0.6 is 20.6 Å². The Hall–Kier alpha value is -2.98. The van der Waals surface area contributed by atoms with Crippen LogP contribution in [0.2, 0.25) is 5.02 Å². The summed E-state index contributed by atoms with van der Waals surface area (Å²) in [7, 11) is -0.321. The van der Waals surface area contributed by atoms with Crippen molar-refractivity contribution in [1.82, 2.24) is 15.1 Å². The molecule has 2 aliphatic rings. The van der Waals surface area contributed by atoms with E-state index in [0.717, 1.165) is 17.0 Å². The van der Waals surface area contributed by atoms with Crippen molar-refractivity contribution in [1.29, 1.82) is 0 Å². The van der Waals surface area contributed by atoms with Gasteiger partial charge in [-0.2, -0.15) is 8.78 Å². The largest absolute Gasteiger partial charge is 0.349 e. The number of hydrogen-bond donors (Lipinski definition) is 1. The zero-order valence-corrected chi connectivity index (χ0v) is 22.1. The topological polar surface area (TPSA) is 105 Å². The van der Waals surface area contributed by atoms with Crippen LogP contribution in [-0.2, 0) is 42.4 Å². The lowest BCUT2D eigenvalue weighted by Gasteiger charge is -2.35. The van der Waals surface area contributed by atoms with Gasteiger partial charge in [-0.25, -0.2) is 0 Å². The van der Waals surface area contributed by atoms with E-state index in [1.807, 2.05) is 0 Å². The Morgan fingerprint density at radius 2 is 1.89 bits per heavy atom. The highest BCUT2D eigenvalue weighted by Gasteiger charge is 2.43. The Morgan fingerprint density at radius 1 is 1.16 bits per heavy atom. The van der Waals surface area contributed by atoms with E-state index in [9.17, 15) is 28.0 Å². The lowest BCUT2D eigenvalue weighted by Crippen LogP contribution is -2.54. The molecule has 4 rings (SSSR count). The number of piperidine rings is 1. The highest BCUT2D eigenvalue weighted by molar-refractivity contribution is 7.26. The van der Waals surface area contributed by atoms with Crippen LogP contribution in [-0.4, -0.2) is 52.8 Å². The summed E-state index contributed by atoms with van der Waals surface area (Å²) >= 11 is 5.73. The van der Waals surface area contributed by atoms with E-state index >= 15 is 0 Å². The number of imide groups is 1. The van der Waals surface area contributed by atoms with Crippen molar-refractivity contribution in [2.24, 2.45) is 0 Å². The Kier molecular flexibility index (Phi) is 8.72. The number of amides is 4. The lowest BCUT2D eigenvalue weighted by molar-refractivity contribution is -0.155. The molecular formula is C25H25ClF2N3O6P. The van der Waals surface area contributed by atoms with E-state index < -0.39 is 29.3 Å². The molecule has 2 heterocycles. The Bertz CT molecular complexity index is 1250. The molecule has 1 saturated heterocycles. The standard InChI is InChI=1S/C25H25ClF2N3O6P/c1-2-36-38-37-14-31-21(32)10-9-20(23(31)34)30-13-16-11-15(3-8-19(16)22(30)33)12-29-24(35)25(27,28)17-4-6-18(26)7-5-17/h3-8,11,20,38H,2,9-10,12-14H2,1H3,(H,29,35). The highest BCUT2D eigenvalue weighted by Crippen LogP contribution is 2.31. The average molecular weight is 568 g/mol. The molecule has 2 atom stereocenters. The predicted molar refractivity (Wildman–Crippen MR) is 134 cm³/mol. The number of carbonyl (C=O) groups is 4. The fourth-order valence-electron chi connectivity index (χ4n) is 4.28. The first-order chi connectivity index (χ1) is 18.1. The first-order valence-corrected chi connectivity index (χ1v) is 13.0. The monoisotopic (exact) mass is 567 g/mol. The maximum absolute atomic E-state index is 14.5. The van der Waals surface area contributed by atoms with E-state index in [1.165, 1.54) is 17.0 Å². The number of carbonyl (C=O) groups excluding carboxylic acids is 4. The molecule has 202 valence electrons. The van der Waals surface area contributed by atoms with Crippen LogP contribution < -0.4 is 5.32 Å². The average Bonchev–Trinajstić information content (AvgIpc) is 3.22. The zero-order valence-electron chi connectivity index (χ0n) is 20.3. The zero-order chi connectivity index (χ0) is 27.4. The van der Waals surface area contributed by atoms with Crippen molar-refractivity contribution in [3.8, 4) is 0 Å². The summed E-state index contributed by atoms with van der Waals surface area (Å²) in [5.41, 5.74) is 0.993. The van der Waals surface area contributed by atoms with Gasteiger partial charge < -0.3 is 19.3 Å². The molecule has 9 nitrogen and oxygen atoms in total. The van der Waals surface area contributed by atoms with E-state index in [2.05, 4.69) is 5.32 Å². The molecular weight excluding hydrogens is 543 g/mol. The second-order valence-corrected chi connectivity index (χ2v) is 9.87. The molecule has 2 aliphatic heterocycles. The van der Waals surface area contributed by atoms with E-state index in [4.69, 9.17) is 20.6 Å². The number of likely N-dealkylation sites (tertiary alicyclic amines) is 1. The van der Waals surface area contributed by atoms with Gasteiger partial charge in [0, 0.05) is 35.7 Å². The third kappa shape index (κ3) is 5.86. The number of halogens is 3. The second kappa shape index (κ2) is 11.8. The van der Waals surface area contributed by atoms with Gasteiger partial charge >= 0.3 is 5.92 Å². The maximum Gasteiger partial charge on any atom is 0.349 e. The Balaban J connectivity index is 1.40. The molecule has 1 N–H and O–H groups in total. The van der Waals surface area contributed by atoms with Crippen molar-refractivity contribution in [2.45, 2.75) is 44.8 Å². The third-order valence-corrected chi connectivity index (χ3v) is 7.17. The molecule has 0 spiro atoms. The molecule has 0 radical (unpaired) electrons. The van der Waals surface area contributed by atoms with Crippen LogP contribution in [0.5, 0.6) is 0 Å². The summed E-state index contributed by atoms with van der Waals surface area (Å²) < 4.78 is 39.4. The van der Waals surface area contributed by atoms with Gasteiger partial charge in [-0.05, 0) is 42.7 Å². The van der Waals surface area contributed by atoms with Gasteiger partial charge in [0.05, 0.1) is 6.61 Å². The van der Waals surface area contributed by atoms with Crippen molar-refractivity contribution in [2.75, 3.05) is 13.3 Å². The number of benzene rings is 2. The minimum Gasteiger partial charge on any atom is -0.346 e. The van der Waals surface area contributed by atoms with Gasteiger partial charge in [0.25, 0.3) is 17.7 Å². The summed E-state index contributed by atoms with van der Waals surface area (Å²) in [5.74, 6) is -6.51. The van der Waals surface area contributed by atoms with Crippen LogP contribution in [0.3, 0.4) is 0 Å². The molecule has 13 heteroatoms. The van der Waals surface area contributed by atoms with Crippen LogP contribution in [0.4, 0.5) is 8.78 Å². The van der Waals surface area contributed by atoms with Gasteiger partial charge in [-0.1, -0.05) is 35.9 Å². The molecule has 2 aromatic rings. The number of nitrogens with one attached hydrogen (secondary N) is 1. The molecule has 38 heavy (non-hydrogen) atoms. The summed E-state index contributed by atoms with van der Waals surface area (Å²) in [6.07, 6.45) is 0.265. The first-order valence-electron chi connectivity index (χ1n) is 11.8. The quantitative estimate of drug-likeness (QED) is 0.266. The van der Waals surface area contributed by atoms with Gasteiger partial charge in [0.15, 0.2) is 9.03 Å². The maximum atomic E-state index is 14.5. The van der Waals surface area contributed by atoms with Crippen LogP contribution in [0.1, 0.15) is 46.8 Å². The number of nitrogens with zero attached hydrogens (tertiary/aromatic N) is 2. The minimum absolute atomic E-state index is 0.0801. The SMILES string of the molecule is CCOPOCN1C(=O)CCC(N2Cc3cc(CNC(=O)C(F)(F)c4ccc(Cl)cc4)ccc3C2=O)C1=O. The van der Waals surface area contributed by atoms with Crippen molar-refractivity contribution in [3.63, 3.8) is 0 Å². The molecule has 2 aromatic carbocycles. The molecule has 1 fully saturated rings. The van der Waals surface area contributed by atoms with Crippen LogP contribution in [0.25, 0.3) is 0 Å². The smallest absolute Gasteiger partial charge is 0.346 e. The highest BCUT2D eigenvalue weighted by atomic mass is 35.5. The number of alkyl halides is 2. The van der Waals surface area contributed by atoms with Gasteiger partial charge in [0.1, 0.15) is 12.8 Å². The molecule has 0 aliphatic carbocycles. The lowest BCUT2D eigenvalue weighted by atomic mass is 10.0. The molecule has 2 unspecified atom stereocenters. The summed E-state index contributed by atoms with van der Waals surface area (Å²) in [6.45, 7) is 1.88. The summed E-state index contributed by atoms with van der Waals surface area (Å²) in [4.78, 5) is 53.0. The van der Waals surface area contributed by atoms with Gasteiger partial charge in [-0.15, -0.1) is 0 Å². The van der Waals surface area contributed by atoms with Crippen molar-refractivity contribution < 1.29 is 37.0 Å². The summed E-state index contributed by atoms with van der Waals surface area (Å²) in [6, 6.07) is 8.63. The van der Waals surface area contributed by atoms with Gasteiger partial charge in [-0.3, -0.25) is 24.1 Å². The number of hydrogen-bond acceptors (Lipinski definition) is 6. The van der Waals surface area contributed by atoms with Gasteiger partial charge in [0.2, 0.25) is 5.91 Å². The first kappa shape index (κ1) is 28.0. The molecule has 0 aromatic heterocycles. The minimum atomic E-state index is -3.76. The fraction of sp³-hybridized carbons (Fsp3) is 0.360. The van der Waals surface area contributed by atoms with E-state index in [0.29, 0.717) is 23.3 Å². The Labute approximate surface area is 224 Å². The predicted octanol–water partition coefficient (Wildman–Crippen LogP) is 3.74. The van der Waals surface area contributed by atoms with E-state index in [1.54, 1.807) is 25.1 Å². The fourth-order valence-corrected chi connectivity index (χ4v) is 4.79. The van der Waals surface area contributed by atoms with Crippen LogP contribution in [0.15, 0.2) is 42.5 Å². The third-order valence-electron chi connectivity index (χ3n) is 6.26. The summed E-state index contributed by atoms with van der Waals surface area (Å²) in [5, 5.41) is 2.51. The molecule has 0 bridgehead atoms. The molecule has 4 amide bonds. The number of fused-ring (bicyclic) bond motifs is 1.